The van der Waals surface area contributed by atoms with Crippen LogP contribution in [0.25, 0.3) is 11.6 Å². The summed E-state index contributed by atoms with van der Waals surface area (Å²) in [6.45, 7) is 4.84. The molecule has 1 N–H and O–H groups in total. The first-order chi connectivity index (χ1) is 8.20. The van der Waals surface area contributed by atoms with Crippen LogP contribution in [0.4, 0.5) is 0 Å². The Bertz CT molecular complexity index is 476. The van der Waals surface area contributed by atoms with Crippen LogP contribution in [0, 0.1) is 0 Å². The minimum Gasteiger partial charge on any atom is -0.337 e. The highest BCUT2D eigenvalue weighted by Crippen LogP contribution is 2.12. The molecule has 0 spiro atoms. The van der Waals surface area contributed by atoms with Gasteiger partial charge in [-0.1, -0.05) is 12.1 Å². The summed E-state index contributed by atoms with van der Waals surface area (Å²) < 4.78 is 7.02. The minimum absolute atomic E-state index is 0.443. The molecule has 17 heavy (non-hydrogen) atoms. The Balaban J connectivity index is 2.04. The number of aryl methyl sites for hydroxylation is 1. The van der Waals surface area contributed by atoms with Crippen molar-refractivity contribution in [1.82, 2.24) is 25.0 Å². The Morgan fingerprint density at radius 1 is 1.53 bits per heavy atom. The van der Waals surface area contributed by atoms with Gasteiger partial charge in [0.25, 0.3) is 0 Å². The zero-order chi connectivity index (χ0) is 12.3. The Hall–Kier alpha value is -1.69. The van der Waals surface area contributed by atoms with Gasteiger partial charge in [-0.05, 0) is 13.3 Å². The maximum atomic E-state index is 5.16. The summed E-state index contributed by atoms with van der Waals surface area (Å²) in [6.07, 6.45) is 4.63. The first kappa shape index (κ1) is 11.8. The highest BCUT2D eigenvalue weighted by atomic mass is 16.5. The Labute approximate surface area is 100 Å². The Kier molecular flexibility index (Phi) is 3.53. The van der Waals surface area contributed by atoms with Crippen molar-refractivity contribution in [3.8, 4) is 11.6 Å². The van der Waals surface area contributed by atoms with E-state index in [9.17, 15) is 0 Å². The van der Waals surface area contributed by atoms with Gasteiger partial charge in [0, 0.05) is 25.5 Å². The molecule has 0 saturated heterocycles. The predicted molar refractivity (Wildman–Crippen MR) is 63.1 cm³/mol. The van der Waals surface area contributed by atoms with E-state index in [0.29, 0.717) is 30.1 Å². The van der Waals surface area contributed by atoms with Crippen molar-refractivity contribution in [3.63, 3.8) is 0 Å². The van der Waals surface area contributed by atoms with Gasteiger partial charge in [-0.3, -0.25) is 0 Å². The van der Waals surface area contributed by atoms with Crippen molar-refractivity contribution in [1.29, 1.82) is 0 Å². The molecule has 2 heterocycles. The third kappa shape index (κ3) is 2.71. The third-order valence-electron chi connectivity index (χ3n) is 2.70. The molecule has 2 aromatic rings. The van der Waals surface area contributed by atoms with Crippen molar-refractivity contribution in [2.24, 2.45) is 7.05 Å². The van der Waals surface area contributed by atoms with Gasteiger partial charge in [-0.2, -0.15) is 4.98 Å². The van der Waals surface area contributed by atoms with E-state index in [2.05, 4.69) is 34.3 Å². The second-order valence-corrected chi connectivity index (χ2v) is 4.06. The van der Waals surface area contributed by atoms with Crippen LogP contribution in [0.5, 0.6) is 0 Å². The molecule has 0 aliphatic rings. The van der Waals surface area contributed by atoms with Gasteiger partial charge < -0.3 is 14.4 Å². The summed E-state index contributed by atoms with van der Waals surface area (Å²) >= 11 is 0. The lowest BCUT2D eigenvalue weighted by atomic mass is 10.3. The third-order valence-corrected chi connectivity index (χ3v) is 2.70. The van der Waals surface area contributed by atoms with Gasteiger partial charge in [0.05, 0.1) is 6.54 Å². The molecule has 0 fully saturated rings. The van der Waals surface area contributed by atoms with Crippen LogP contribution in [0.15, 0.2) is 16.9 Å². The highest BCUT2D eigenvalue weighted by Gasteiger charge is 2.12. The van der Waals surface area contributed by atoms with Crippen LogP contribution in [0.1, 0.15) is 26.2 Å². The first-order valence-corrected chi connectivity index (χ1v) is 5.74. The number of rotatable bonds is 5. The van der Waals surface area contributed by atoms with Crippen LogP contribution >= 0.6 is 0 Å². The summed E-state index contributed by atoms with van der Waals surface area (Å²) in [5, 5.41) is 7.21. The van der Waals surface area contributed by atoms with E-state index in [1.807, 2.05) is 17.8 Å². The fraction of sp³-hybridized carbons (Fsp3) is 0.545. The molecule has 0 saturated carbocycles. The molecule has 92 valence electrons. The van der Waals surface area contributed by atoms with Gasteiger partial charge in [0.15, 0.2) is 5.82 Å². The van der Waals surface area contributed by atoms with Crippen LogP contribution in [0.2, 0.25) is 0 Å². The van der Waals surface area contributed by atoms with Crippen molar-refractivity contribution >= 4 is 0 Å². The lowest BCUT2D eigenvalue weighted by molar-refractivity contribution is 0.358. The normalized spacial score (nSPS) is 12.9. The monoisotopic (exact) mass is 235 g/mol. The molecule has 0 radical (unpaired) electrons. The average molecular weight is 235 g/mol. The summed E-state index contributed by atoms with van der Waals surface area (Å²) in [7, 11) is 1.90. The van der Waals surface area contributed by atoms with Crippen LogP contribution < -0.4 is 5.32 Å². The topological polar surface area (TPSA) is 68.8 Å². The molecule has 0 amide bonds. The molecule has 6 nitrogen and oxygen atoms in total. The molecule has 0 bridgehead atoms. The van der Waals surface area contributed by atoms with Crippen LogP contribution in [-0.2, 0) is 13.6 Å². The molecule has 1 unspecified atom stereocenters. The van der Waals surface area contributed by atoms with E-state index < -0.39 is 0 Å². The van der Waals surface area contributed by atoms with E-state index in [-0.39, 0.29) is 0 Å². The second kappa shape index (κ2) is 5.09. The molecular formula is C11H17N5O. The second-order valence-electron chi connectivity index (χ2n) is 4.06. The van der Waals surface area contributed by atoms with E-state index in [1.54, 1.807) is 6.20 Å². The van der Waals surface area contributed by atoms with Crippen molar-refractivity contribution in [2.45, 2.75) is 32.9 Å². The fourth-order valence-corrected chi connectivity index (χ4v) is 1.40. The van der Waals surface area contributed by atoms with Gasteiger partial charge in [0.2, 0.25) is 11.7 Å². The minimum atomic E-state index is 0.443. The maximum absolute atomic E-state index is 5.16. The van der Waals surface area contributed by atoms with Crippen molar-refractivity contribution < 1.29 is 4.52 Å². The summed E-state index contributed by atoms with van der Waals surface area (Å²) in [6, 6.07) is 0.443. The zero-order valence-electron chi connectivity index (χ0n) is 10.3. The number of nitrogens with zero attached hydrogens (tertiary/aromatic N) is 4. The van der Waals surface area contributed by atoms with E-state index in [1.165, 1.54) is 0 Å². The van der Waals surface area contributed by atoms with Gasteiger partial charge in [-0.25, -0.2) is 4.98 Å². The van der Waals surface area contributed by atoms with E-state index in [4.69, 9.17) is 4.52 Å². The molecule has 2 rings (SSSR count). The Morgan fingerprint density at radius 3 is 3.00 bits per heavy atom. The molecule has 6 heteroatoms. The number of nitrogens with one attached hydrogen (secondary N) is 1. The average Bonchev–Trinajstić information content (AvgIpc) is 2.94. The summed E-state index contributed by atoms with van der Waals surface area (Å²) in [5.41, 5.74) is 0. The van der Waals surface area contributed by atoms with E-state index in [0.717, 1.165) is 6.42 Å². The van der Waals surface area contributed by atoms with E-state index >= 15 is 0 Å². The molecule has 0 aromatic carbocycles. The van der Waals surface area contributed by atoms with Crippen LogP contribution in [0.3, 0.4) is 0 Å². The molecule has 0 aliphatic heterocycles. The predicted octanol–water partition coefficient (Wildman–Crippen LogP) is 1.36. The standard InChI is InChI=1S/C11H17N5O/c1-4-8(2)13-7-9-14-10(15-17-9)11-12-5-6-16(11)3/h5-6,8,13H,4,7H2,1-3H3. The highest BCUT2D eigenvalue weighted by molar-refractivity contribution is 5.42. The molecule has 2 aromatic heterocycles. The SMILES string of the molecule is CCC(C)NCc1nc(-c2nccn2C)no1. The summed E-state index contributed by atoms with van der Waals surface area (Å²) in [4.78, 5) is 8.46. The lowest BCUT2D eigenvalue weighted by Crippen LogP contribution is -2.24. The van der Waals surface area contributed by atoms with Crippen molar-refractivity contribution in [3.05, 3.63) is 18.3 Å². The largest absolute Gasteiger partial charge is 0.337 e. The maximum Gasteiger partial charge on any atom is 0.241 e. The molecule has 1 atom stereocenters. The smallest absolute Gasteiger partial charge is 0.241 e. The summed E-state index contributed by atoms with van der Waals surface area (Å²) in [5.74, 6) is 1.82. The van der Waals surface area contributed by atoms with Gasteiger partial charge >= 0.3 is 0 Å². The fourth-order valence-electron chi connectivity index (χ4n) is 1.40. The van der Waals surface area contributed by atoms with Gasteiger partial charge in [-0.15, -0.1) is 0 Å². The van der Waals surface area contributed by atoms with Crippen molar-refractivity contribution in [2.75, 3.05) is 0 Å². The lowest BCUT2D eigenvalue weighted by Gasteiger charge is -2.07. The zero-order valence-corrected chi connectivity index (χ0v) is 10.3. The molecular weight excluding hydrogens is 218 g/mol. The number of hydrogen-bond acceptors (Lipinski definition) is 5. The quantitative estimate of drug-likeness (QED) is 0.847. The first-order valence-electron chi connectivity index (χ1n) is 5.74. The molecule has 0 aliphatic carbocycles. The Morgan fingerprint density at radius 2 is 2.35 bits per heavy atom. The number of hydrogen-bond donors (Lipinski definition) is 1. The number of imidazole rings is 1. The van der Waals surface area contributed by atoms with Gasteiger partial charge in [0.1, 0.15) is 0 Å². The van der Waals surface area contributed by atoms with Crippen LogP contribution in [-0.4, -0.2) is 25.7 Å². The number of aromatic nitrogens is 4.